The molecular weight excluding hydrogens is 300 g/mol. The number of anilines is 2. The Morgan fingerprint density at radius 3 is 2.46 bits per heavy atom. The smallest absolute Gasteiger partial charge is 0.259 e. The number of hydrogen-bond donors (Lipinski definition) is 2. The zero-order valence-corrected chi connectivity index (χ0v) is 14.6. The van der Waals surface area contributed by atoms with E-state index >= 15 is 0 Å². The summed E-state index contributed by atoms with van der Waals surface area (Å²) in [6, 6.07) is 14.0. The normalized spacial score (nSPS) is 10.7. The predicted octanol–water partition coefficient (Wildman–Crippen LogP) is 2.93. The van der Waals surface area contributed by atoms with Crippen molar-refractivity contribution in [2.24, 2.45) is 5.10 Å². The molecule has 24 heavy (non-hydrogen) atoms. The van der Waals surface area contributed by atoms with Crippen molar-refractivity contribution in [1.82, 2.24) is 5.43 Å². The predicted molar refractivity (Wildman–Crippen MR) is 101 cm³/mol. The summed E-state index contributed by atoms with van der Waals surface area (Å²) in [6.45, 7) is 4.24. The summed E-state index contributed by atoms with van der Waals surface area (Å²) in [7, 11) is 3.98. The Labute approximate surface area is 143 Å². The van der Waals surface area contributed by atoms with E-state index in [9.17, 15) is 4.79 Å². The second-order valence-corrected chi connectivity index (χ2v) is 5.95. The number of rotatable bonds is 6. The highest BCUT2D eigenvalue weighted by molar-refractivity contribution is 5.84. The van der Waals surface area contributed by atoms with E-state index in [1.807, 2.05) is 69.2 Å². The molecule has 0 saturated carbocycles. The molecule has 0 radical (unpaired) electrons. The second-order valence-electron chi connectivity index (χ2n) is 5.95. The molecule has 0 fully saturated rings. The standard InChI is InChI=1S/C19H24N4O/c1-14-5-10-18(15(2)11-14)20-13-19(24)22-21-12-16-6-8-17(9-7-16)23(3)4/h5-12,20H,13H2,1-4H3,(H,22,24)/b21-12-. The zero-order chi connectivity index (χ0) is 17.5. The number of hydrogen-bond acceptors (Lipinski definition) is 4. The molecule has 0 heterocycles. The van der Waals surface area contributed by atoms with Crippen LogP contribution in [0.5, 0.6) is 0 Å². The molecule has 5 heteroatoms. The van der Waals surface area contributed by atoms with Crippen molar-refractivity contribution in [2.45, 2.75) is 13.8 Å². The van der Waals surface area contributed by atoms with Crippen LogP contribution in [0.2, 0.25) is 0 Å². The van der Waals surface area contributed by atoms with Crippen molar-refractivity contribution >= 4 is 23.5 Å². The first-order valence-corrected chi connectivity index (χ1v) is 7.86. The van der Waals surface area contributed by atoms with E-state index in [4.69, 9.17) is 0 Å². The molecule has 5 nitrogen and oxygen atoms in total. The van der Waals surface area contributed by atoms with Crippen LogP contribution >= 0.6 is 0 Å². The molecule has 0 spiro atoms. The number of amides is 1. The third-order valence-electron chi connectivity index (χ3n) is 3.63. The minimum atomic E-state index is -0.184. The molecule has 0 saturated heterocycles. The van der Waals surface area contributed by atoms with Crippen LogP contribution < -0.4 is 15.6 Å². The Balaban J connectivity index is 1.82. The van der Waals surface area contributed by atoms with Crippen LogP contribution in [0.25, 0.3) is 0 Å². The van der Waals surface area contributed by atoms with Crippen molar-refractivity contribution in [2.75, 3.05) is 30.9 Å². The van der Waals surface area contributed by atoms with E-state index in [-0.39, 0.29) is 12.5 Å². The summed E-state index contributed by atoms with van der Waals surface area (Å²) in [6.07, 6.45) is 1.63. The Hall–Kier alpha value is -2.82. The van der Waals surface area contributed by atoms with Crippen molar-refractivity contribution in [1.29, 1.82) is 0 Å². The van der Waals surface area contributed by atoms with E-state index < -0.39 is 0 Å². The van der Waals surface area contributed by atoms with Gasteiger partial charge in [0.2, 0.25) is 0 Å². The number of carbonyl (C=O) groups excluding carboxylic acids is 1. The first-order valence-electron chi connectivity index (χ1n) is 7.86. The lowest BCUT2D eigenvalue weighted by atomic mass is 10.1. The van der Waals surface area contributed by atoms with E-state index in [1.54, 1.807) is 6.21 Å². The van der Waals surface area contributed by atoms with E-state index in [0.717, 1.165) is 22.5 Å². The average Bonchev–Trinajstić information content (AvgIpc) is 2.54. The fraction of sp³-hybridized carbons (Fsp3) is 0.263. The van der Waals surface area contributed by atoms with Gasteiger partial charge in [0.05, 0.1) is 12.8 Å². The fourth-order valence-electron chi connectivity index (χ4n) is 2.26. The lowest BCUT2D eigenvalue weighted by Gasteiger charge is -2.11. The maximum atomic E-state index is 11.8. The highest BCUT2D eigenvalue weighted by Gasteiger charge is 2.02. The molecule has 126 valence electrons. The molecule has 2 aromatic rings. The number of benzene rings is 2. The largest absolute Gasteiger partial charge is 0.378 e. The fourth-order valence-corrected chi connectivity index (χ4v) is 2.26. The van der Waals surface area contributed by atoms with Crippen LogP contribution in [-0.4, -0.2) is 32.8 Å². The van der Waals surface area contributed by atoms with Crippen LogP contribution in [0.3, 0.4) is 0 Å². The summed E-state index contributed by atoms with van der Waals surface area (Å²) in [5.74, 6) is -0.184. The number of nitrogens with zero attached hydrogens (tertiary/aromatic N) is 2. The molecule has 0 aliphatic carbocycles. The van der Waals surface area contributed by atoms with Crippen LogP contribution in [0, 0.1) is 13.8 Å². The van der Waals surface area contributed by atoms with Gasteiger partial charge in [-0.3, -0.25) is 4.79 Å². The van der Waals surface area contributed by atoms with Crippen LogP contribution in [0.15, 0.2) is 47.6 Å². The molecule has 1 amide bonds. The van der Waals surface area contributed by atoms with Crippen LogP contribution in [-0.2, 0) is 4.79 Å². The Morgan fingerprint density at radius 1 is 1.12 bits per heavy atom. The van der Waals surface area contributed by atoms with Gasteiger partial charge in [0, 0.05) is 25.5 Å². The lowest BCUT2D eigenvalue weighted by Crippen LogP contribution is -2.26. The molecule has 2 rings (SSSR count). The van der Waals surface area contributed by atoms with E-state index in [1.165, 1.54) is 5.56 Å². The highest BCUT2D eigenvalue weighted by atomic mass is 16.2. The third kappa shape index (κ3) is 5.12. The molecular formula is C19H24N4O. The summed E-state index contributed by atoms with van der Waals surface area (Å²) in [5, 5.41) is 7.10. The first-order chi connectivity index (χ1) is 11.5. The number of hydrazone groups is 1. The number of carbonyl (C=O) groups is 1. The van der Waals surface area contributed by atoms with Gasteiger partial charge in [-0.2, -0.15) is 5.10 Å². The Bertz CT molecular complexity index is 721. The van der Waals surface area contributed by atoms with Gasteiger partial charge in [-0.05, 0) is 43.2 Å². The van der Waals surface area contributed by atoms with Crippen molar-refractivity contribution in [3.8, 4) is 0 Å². The third-order valence-corrected chi connectivity index (χ3v) is 3.63. The molecule has 0 bridgehead atoms. The van der Waals surface area contributed by atoms with Gasteiger partial charge in [0.15, 0.2) is 0 Å². The number of nitrogens with one attached hydrogen (secondary N) is 2. The Morgan fingerprint density at radius 2 is 1.83 bits per heavy atom. The SMILES string of the molecule is Cc1ccc(NCC(=O)N/N=C\c2ccc(N(C)C)cc2)c(C)c1. The highest BCUT2D eigenvalue weighted by Crippen LogP contribution is 2.15. The molecule has 0 aliphatic rings. The van der Waals surface area contributed by atoms with Gasteiger partial charge in [0.1, 0.15) is 0 Å². The topological polar surface area (TPSA) is 56.7 Å². The summed E-state index contributed by atoms with van der Waals surface area (Å²) in [4.78, 5) is 13.9. The molecule has 0 unspecified atom stereocenters. The Kier molecular flexibility index (Phi) is 5.95. The quantitative estimate of drug-likeness (QED) is 0.634. The second kappa shape index (κ2) is 8.15. The van der Waals surface area contributed by atoms with Crippen molar-refractivity contribution in [3.63, 3.8) is 0 Å². The minimum Gasteiger partial charge on any atom is -0.378 e. The average molecular weight is 324 g/mol. The molecule has 2 aromatic carbocycles. The summed E-state index contributed by atoms with van der Waals surface area (Å²) in [5.41, 5.74) is 7.86. The van der Waals surface area contributed by atoms with Crippen molar-refractivity contribution < 1.29 is 4.79 Å². The maximum Gasteiger partial charge on any atom is 0.259 e. The van der Waals surface area contributed by atoms with Crippen LogP contribution in [0.4, 0.5) is 11.4 Å². The van der Waals surface area contributed by atoms with Gasteiger partial charge in [-0.15, -0.1) is 0 Å². The molecule has 0 atom stereocenters. The zero-order valence-electron chi connectivity index (χ0n) is 14.6. The van der Waals surface area contributed by atoms with Crippen molar-refractivity contribution in [3.05, 3.63) is 59.2 Å². The van der Waals surface area contributed by atoms with Crippen LogP contribution in [0.1, 0.15) is 16.7 Å². The molecule has 0 aromatic heterocycles. The van der Waals surface area contributed by atoms with Gasteiger partial charge < -0.3 is 10.2 Å². The van der Waals surface area contributed by atoms with Gasteiger partial charge in [0.25, 0.3) is 5.91 Å². The minimum absolute atomic E-state index is 0.181. The van der Waals surface area contributed by atoms with Gasteiger partial charge in [-0.1, -0.05) is 29.8 Å². The van der Waals surface area contributed by atoms with E-state index in [0.29, 0.717) is 0 Å². The lowest BCUT2D eigenvalue weighted by molar-refractivity contribution is -0.119. The monoisotopic (exact) mass is 324 g/mol. The summed E-state index contributed by atoms with van der Waals surface area (Å²) >= 11 is 0. The molecule has 2 N–H and O–H groups in total. The van der Waals surface area contributed by atoms with Gasteiger partial charge in [-0.25, -0.2) is 5.43 Å². The van der Waals surface area contributed by atoms with E-state index in [2.05, 4.69) is 21.9 Å². The number of aryl methyl sites for hydroxylation is 2. The maximum absolute atomic E-state index is 11.8. The first kappa shape index (κ1) is 17.5. The van der Waals surface area contributed by atoms with Gasteiger partial charge >= 0.3 is 0 Å². The molecule has 0 aliphatic heterocycles. The summed E-state index contributed by atoms with van der Waals surface area (Å²) < 4.78 is 0.